The Morgan fingerprint density at radius 1 is 1.15 bits per heavy atom. The Labute approximate surface area is 171 Å². The van der Waals surface area contributed by atoms with Crippen LogP contribution in [0.3, 0.4) is 0 Å². The molecule has 1 aromatic carbocycles. The van der Waals surface area contributed by atoms with E-state index in [0.717, 1.165) is 31.7 Å². The third-order valence-electron chi connectivity index (χ3n) is 4.86. The van der Waals surface area contributed by atoms with Gasteiger partial charge in [0.25, 0.3) is 0 Å². The number of hydrogen-bond acceptors (Lipinski definition) is 4. The second kappa shape index (κ2) is 10.3. The molecule has 0 aliphatic carbocycles. The van der Waals surface area contributed by atoms with Crippen molar-refractivity contribution in [2.75, 3.05) is 39.3 Å². The molecule has 1 aliphatic heterocycles. The molecule has 0 radical (unpaired) electrons. The Hall–Kier alpha value is -1.34. The maximum absolute atomic E-state index is 12.6. The van der Waals surface area contributed by atoms with E-state index in [2.05, 4.69) is 20.4 Å². The first-order valence-corrected chi connectivity index (χ1v) is 10.1. The van der Waals surface area contributed by atoms with Crippen molar-refractivity contribution in [2.24, 2.45) is 0 Å². The van der Waals surface area contributed by atoms with Gasteiger partial charge in [-0.2, -0.15) is 0 Å². The first-order chi connectivity index (χ1) is 12.8. The minimum atomic E-state index is -0.245. The summed E-state index contributed by atoms with van der Waals surface area (Å²) < 4.78 is 0. The molecule has 1 aromatic rings. The van der Waals surface area contributed by atoms with Gasteiger partial charge in [0.05, 0.1) is 18.6 Å². The lowest BCUT2D eigenvalue weighted by Gasteiger charge is -2.37. The summed E-state index contributed by atoms with van der Waals surface area (Å²) in [6.45, 7) is 9.83. The molecule has 8 heteroatoms. The normalized spacial score (nSPS) is 18.0. The van der Waals surface area contributed by atoms with Crippen molar-refractivity contribution in [1.29, 1.82) is 0 Å². The van der Waals surface area contributed by atoms with Crippen molar-refractivity contribution < 1.29 is 9.59 Å². The minimum Gasteiger partial charge on any atom is -0.355 e. The predicted octanol–water partition coefficient (Wildman–Crippen LogP) is 2.31. The highest BCUT2D eigenvalue weighted by atomic mass is 35.5. The molecule has 0 bridgehead atoms. The Morgan fingerprint density at radius 2 is 1.81 bits per heavy atom. The Bertz CT molecular complexity index is 663. The standard InChI is InChI=1S/C19H28Cl2N4O2/c1-4-22-18(26)12-24-7-9-25(10-8-24)14(3)19(27)23-13(2)16-6-5-15(20)11-17(16)21/h5-6,11,13-14H,4,7-10,12H2,1-3H3,(H,22,26)(H,23,27). The van der Waals surface area contributed by atoms with Gasteiger partial charge in [-0.1, -0.05) is 29.3 Å². The van der Waals surface area contributed by atoms with E-state index in [-0.39, 0.29) is 23.9 Å². The molecule has 1 fully saturated rings. The average Bonchev–Trinajstić information content (AvgIpc) is 2.61. The summed E-state index contributed by atoms with van der Waals surface area (Å²) in [5.74, 6) is 0.0103. The topological polar surface area (TPSA) is 64.7 Å². The molecule has 0 aromatic heterocycles. The fourth-order valence-corrected chi connectivity index (χ4v) is 3.77. The Kier molecular flexibility index (Phi) is 8.35. The van der Waals surface area contributed by atoms with Crippen molar-refractivity contribution in [3.8, 4) is 0 Å². The molecule has 2 amide bonds. The van der Waals surface area contributed by atoms with Crippen molar-refractivity contribution in [1.82, 2.24) is 20.4 Å². The van der Waals surface area contributed by atoms with Gasteiger partial charge in [-0.25, -0.2) is 0 Å². The molecule has 6 nitrogen and oxygen atoms in total. The van der Waals surface area contributed by atoms with Gasteiger partial charge in [-0.3, -0.25) is 19.4 Å². The summed E-state index contributed by atoms with van der Waals surface area (Å²) in [4.78, 5) is 28.6. The Morgan fingerprint density at radius 3 is 2.41 bits per heavy atom. The number of carbonyl (C=O) groups excluding carboxylic acids is 2. The summed E-state index contributed by atoms with van der Waals surface area (Å²) in [7, 11) is 0. The second-order valence-corrected chi connectivity index (χ2v) is 7.68. The molecule has 0 spiro atoms. The van der Waals surface area contributed by atoms with Crippen LogP contribution < -0.4 is 10.6 Å². The molecule has 2 atom stereocenters. The molecule has 150 valence electrons. The van der Waals surface area contributed by atoms with Crippen LogP contribution in [0.15, 0.2) is 18.2 Å². The summed E-state index contributed by atoms with van der Waals surface area (Å²) in [6.07, 6.45) is 0. The smallest absolute Gasteiger partial charge is 0.237 e. The first kappa shape index (κ1) is 22.0. The number of hydrogen-bond donors (Lipinski definition) is 2. The van der Waals surface area contributed by atoms with E-state index in [0.29, 0.717) is 23.1 Å². The zero-order valence-corrected chi connectivity index (χ0v) is 17.6. The maximum atomic E-state index is 12.6. The van der Waals surface area contributed by atoms with Gasteiger partial charge in [-0.05, 0) is 38.5 Å². The minimum absolute atomic E-state index is 0.0364. The third kappa shape index (κ3) is 6.35. The van der Waals surface area contributed by atoms with Crippen LogP contribution in [0.5, 0.6) is 0 Å². The molecule has 1 heterocycles. The molecular formula is C19H28Cl2N4O2. The number of benzene rings is 1. The monoisotopic (exact) mass is 414 g/mol. The zero-order chi connectivity index (χ0) is 20.0. The van der Waals surface area contributed by atoms with Crippen LogP contribution in [0, 0.1) is 0 Å². The highest BCUT2D eigenvalue weighted by Crippen LogP contribution is 2.26. The number of nitrogens with one attached hydrogen (secondary N) is 2. The van der Waals surface area contributed by atoms with Crippen molar-refractivity contribution in [3.05, 3.63) is 33.8 Å². The van der Waals surface area contributed by atoms with Crippen LogP contribution in [0.1, 0.15) is 32.4 Å². The van der Waals surface area contributed by atoms with Crippen LogP contribution in [-0.4, -0.2) is 66.9 Å². The van der Waals surface area contributed by atoms with E-state index in [1.807, 2.05) is 26.8 Å². The van der Waals surface area contributed by atoms with E-state index in [4.69, 9.17) is 23.2 Å². The molecule has 1 aliphatic rings. The van der Waals surface area contributed by atoms with Gasteiger partial charge < -0.3 is 10.6 Å². The fraction of sp³-hybridized carbons (Fsp3) is 0.579. The number of amides is 2. The lowest BCUT2D eigenvalue weighted by Crippen LogP contribution is -2.55. The van der Waals surface area contributed by atoms with Gasteiger partial charge in [0.15, 0.2) is 0 Å². The molecule has 1 saturated heterocycles. The van der Waals surface area contributed by atoms with E-state index < -0.39 is 0 Å². The van der Waals surface area contributed by atoms with E-state index in [1.165, 1.54) is 0 Å². The molecule has 0 saturated carbocycles. The van der Waals surface area contributed by atoms with Gasteiger partial charge >= 0.3 is 0 Å². The predicted molar refractivity (Wildman–Crippen MR) is 109 cm³/mol. The molecule has 2 rings (SSSR count). The van der Waals surface area contributed by atoms with Gasteiger partial charge in [0.2, 0.25) is 11.8 Å². The molecule has 2 unspecified atom stereocenters. The number of piperazine rings is 1. The number of halogens is 2. The second-order valence-electron chi connectivity index (χ2n) is 6.84. The van der Waals surface area contributed by atoms with Crippen LogP contribution in [-0.2, 0) is 9.59 Å². The highest BCUT2D eigenvalue weighted by Gasteiger charge is 2.27. The van der Waals surface area contributed by atoms with Crippen LogP contribution >= 0.6 is 23.2 Å². The highest BCUT2D eigenvalue weighted by molar-refractivity contribution is 6.35. The molecule has 2 N–H and O–H groups in total. The van der Waals surface area contributed by atoms with E-state index >= 15 is 0 Å². The lowest BCUT2D eigenvalue weighted by molar-refractivity contribution is -0.128. The summed E-state index contributed by atoms with van der Waals surface area (Å²) in [6, 6.07) is 4.83. The summed E-state index contributed by atoms with van der Waals surface area (Å²) in [5, 5.41) is 6.95. The first-order valence-electron chi connectivity index (χ1n) is 9.30. The third-order valence-corrected chi connectivity index (χ3v) is 5.43. The van der Waals surface area contributed by atoms with Gasteiger partial charge in [-0.15, -0.1) is 0 Å². The summed E-state index contributed by atoms with van der Waals surface area (Å²) >= 11 is 12.2. The molecular weight excluding hydrogens is 387 g/mol. The Balaban J connectivity index is 1.84. The van der Waals surface area contributed by atoms with Crippen molar-refractivity contribution in [2.45, 2.75) is 32.9 Å². The van der Waals surface area contributed by atoms with Gasteiger partial charge in [0.1, 0.15) is 0 Å². The van der Waals surface area contributed by atoms with Crippen molar-refractivity contribution in [3.63, 3.8) is 0 Å². The molecule has 27 heavy (non-hydrogen) atoms. The van der Waals surface area contributed by atoms with Crippen molar-refractivity contribution >= 4 is 35.0 Å². The average molecular weight is 415 g/mol. The van der Waals surface area contributed by atoms with E-state index in [9.17, 15) is 9.59 Å². The fourth-order valence-electron chi connectivity index (χ4n) is 3.20. The quantitative estimate of drug-likeness (QED) is 0.718. The lowest BCUT2D eigenvalue weighted by atomic mass is 10.1. The van der Waals surface area contributed by atoms with Crippen LogP contribution in [0.25, 0.3) is 0 Å². The number of rotatable bonds is 7. The van der Waals surface area contributed by atoms with Gasteiger partial charge in [0, 0.05) is 42.8 Å². The van der Waals surface area contributed by atoms with Crippen LogP contribution in [0.4, 0.5) is 0 Å². The number of nitrogens with zero attached hydrogens (tertiary/aromatic N) is 2. The SMILES string of the molecule is CCNC(=O)CN1CCN(C(C)C(=O)NC(C)c2ccc(Cl)cc2Cl)CC1. The largest absolute Gasteiger partial charge is 0.355 e. The van der Waals surface area contributed by atoms with Crippen LogP contribution in [0.2, 0.25) is 10.0 Å². The van der Waals surface area contributed by atoms with E-state index in [1.54, 1.807) is 12.1 Å². The maximum Gasteiger partial charge on any atom is 0.237 e. The summed E-state index contributed by atoms with van der Waals surface area (Å²) in [5.41, 5.74) is 0.841. The number of carbonyl (C=O) groups is 2. The zero-order valence-electron chi connectivity index (χ0n) is 16.1. The number of likely N-dealkylation sites (N-methyl/N-ethyl adjacent to an activating group) is 1.